The summed E-state index contributed by atoms with van der Waals surface area (Å²) in [7, 11) is -3.76. The van der Waals surface area contributed by atoms with Crippen molar-refractivity contribution < 1.29 is 30.6 Å². The monoisotopic (exact) mass is 427 g/mol. The maximum Gasteiger partial charge on any atom is 0.476 e. The average Bonchev–Trinajstić information content (AvgIpc) is 2.70. The zero-order chi connectivity index (χ0) is 19.3. The SMILES string of the molecule is Nc1c(S(=O)C(F)(F)F)c(=O)[nH]n1-c1c(Cl)cc(C(F)(F)F)cc1Cl. The molecule has 0 saturated heterocycles. The van der Waals surface area contributed by atoms with Crippen LogP contribution in [0.15, 0.2) is 21.8 Å². The highest BCUT2D eigenvalue weighted by atomic mass is 35.5. The number of H-pyrrole nitrogens is 1. The lowest BCUT2D eigenvalue weighted by molar-refractivity contribution is -0.137. The van der Waals surface area contributed by atoms with Crippen molar-refractivity contribution in [2.24, 2.45) is 0 Å². The van der Waals surface area contributed by atoms with Crippen LogP contribution in [0.1, 0.15) is 5.56 Å². The molecule has 0 aliphatic heterocycles. The van der Waals surface area contributed by atoms with Crippen LogP contribution in [0.4, 0.5) is 32.2 Å². The number of aromatic nitrogens is 2. The summed E-state index contributed by atoms with van der Waals surface area (Å²) in [6, 6.07) is 0.891. The van der Waals surface area contributed by atoms with Crippen LogP contribution in [0.2, 0.25) is 10.0 Å². The van der Waals surface area contributed by atoms with Crippen molar-refractivity contribution in [2.45, 2.75) is 16.6 Å². The van der Waals surface area contributed by atoms with Gasteiger partial charge < -0.3 is 5.73 Å². The molecule has 1 aromatic carbocycles. The minimum Gasteiger partial charge on any atom is -0.383 e. The number of alkyl halides is 6. The Hall–Kier alpha value is -1.66. The molecule has 25 heavy (non-hydrogen) atoms. The number of nitrogens with one attached hydrogen (secondary N) is 1. The second-order valence-electron chi connectivity index (χ2n) is 4.49. The molecule has 14 heteroatoms. The normalized spacial score (nSPS) is 13.9. The van der Waals surface area contributed by atoms with Gasteiger partial charge in [-0.3, -0.25) is 9.89 Å². The van der Waals surface area contributed by atoms with Crippen LogP contribution in [0.25, 0.3) is 5.69 Å². The molecule has 0 saturated carbocycles. The highest BCUT2D eigenvalue weighted by Crippen LogP contribution is 2.38. The molecular weight excluding hydrogens is 423 g/mol. The van der Waals surface area contributed by atoms with Crippen molar-refractivity contribution in [1.29, 1.82) is 0 Å². The first kappa shape index (κ1) is 19.7. The van der Waals surface area contributed by atoms with Gasteiger partial charge in [0.25, 0.3) is 5.56 Å². The molecule has 1 unspecified atom stereocenters. The number of anilines is 1. The molecule has 3 N–H and O–H groups in total. The van der Waals surface area contributed by atoms with Gasteiger partial charge in [0.15, 0.2) is 15.7 Å². The lowest BCUT2D eigenvalue weighted by Crippen LogP contribution is -2.22. The third kappa shape index (κ3) is 3.65. The largest absolute Gasteiger partial charge is 0.476 e. The summed E-state index contributed by atoms with van der Waals surface area (Å²) in [6.07, 6.45) is -4.79. The summed E-state index contributed by atoms with van der Waals surface area (Å²) in [5.41, 5.74) is -3.07. The quantitative estimate of drug-likeness (QED) is 0.717. The van der Waals surface area contributed by atoms with Gasteiger partial charge in [-0.1, -0.05) is 23.2 Å². The summed E-state index contributed by atoms with van der Waals surface area (Å²) in [5.74, 6) is -0.954. The number of benzene rings is 1. The van der Waals surface area contributed by atoms with Crippen LogP contribution >= 0.6 is 23.2 Å². The second kappa shape index (κ2) is 6.25. The van der Waals surface area contributed by atoms with Gasteiger partial charge >= 0.3 is 11.7 Å². The minimum atomic E-state index is -5.28. The van der Waals surface area contributed by atoms with Crippen molar-refractivity contribution in [1.82, 2.24) is 9.78 Å². The molecule has 1 heterocycles. The molecule has 138 valence electrons. The van der Waals surface area contributed by atoms with E-state index in [1.807, 2.05) is 5.10 Å². The Kier molecular flexibility index (Phi) is 4.92. The van der Waals surface area contributed by atoms with E-state index in [-0.39, 0.29) is 0 Å². The Morgan fingerprint density at radius 1 is 1.08 bits per heavy atom. The van der Waals surface area contributed by atoms with Gasteiger partial charge in [0, 0.05) is 0 Å². The standard InChI is InChI=1S/C11H5Cl2F6N3O2S/c12-4-1-3(10(14,15)16)2-5(13)6(4)22-8(20)7(9(23)21-22)25(24)11(17,18)19/h1-2H,20H2,(H,21,23). The molecule has 1 aromatic heterocycles. The molecule has 0 bridgehead atoms. The summed E-state index contributed by atoms with van der Waals surface area (Å²) in [5, 5.41) is 0.513. The Labute approximate surface area is 146 Å². The minimum absolute atomic E-state index is 0.437. The third-order valence-electron chi connectivity index (χ3n) is 2.86. The van der Waals surface area contributed by atoms with Gasteiger partial charge in [0.2, 0.25) is 0 Å². The van der Waals surface area contributed by atoms with Gasteiger partial charge in [0.05, 0.1) is 15.6 Å². The smallest absolute Gasteiger partial charge is 0.383 e. The van der Waals surface area contributed by atoms with Crippen LogP contribution in [-0.2, 0) is 17.0 Å². The number of nitrogen functional groups attached to an aromatic ring is 1. The van der Waals surface area contributed by atoms with E-state index < -0.39 is 60.1 Å². The van der Waals surface area contributed by atoms with Crippen LogP contribution in [0, 0.1) is 0 Å². The summed E-state index contributed by atoms with van der Waals surface area (Å²) in [4.78, 5) is 10.3. The van der Waals surface area contributed by atoms with E-state index in [9.17, 15) is 35.3 Å². The van der Waals surface area contributed by atoms with Crippen molar-refractivity contribution in [3.05, 3.63) is 38.1 Å². The summed E-state index contributed by atoms with van der Waals surface area (Å²) >= 11 is 11.4. The highest BCUT2D eigenvalue weighted by molar-refractivity contribution is 7.86. The third-order valence-corrected chi connectivity index (χ3v) is 4.62. The van der Waals surface area contributed by atoms with Crippen LogP contribution in [-0.4, -0.2) is 19.5 Å². The molecule has 0 amide bonds. The fourth-order valence-corrected chi connectivity index (χ4v) is 3.23. The van der Waals surface area contributed by atoms with Crippen LogP contribution in [0.5, 0.6) is 0 Å². The van der Waals surface area contributed by atoms with Crippen LogP contribution in [0.3, 0.4) is 0 Å². The maximum atomic E-state index is 12.7. The Morgan fingerprint density at radius 3 is 1.96 bits per heavy atom. The van der Waals surface area contributed by atoms with Gasteiger partial charge in [-0.2, -0.15) is 26.3 Å². The predicted octanol–water partition coefficient (Wildman–Crippen LogP) is 3.70. The highest BCUT2D eigenvalue weighted by Gasteiger charge is 2.42. The van der Waals surface area contributed by atoms with E-state index in [2.05, 4.69) is 0 Å². The van der Waals surface area contributed by atoms with Crippen molar-refractivity contribution in [2.75, 3.05) is 5.73 Å². The van der Waals surface area contributed by atoms with E-state index in [0.717, 1.165) is 0 Å². The predicted molar refractivity (Wildman–Crippen MR) is 78.3 cm³/mol. The maximum absolute atomic E-state index is 12.7. The van der Waals surface area contributed by atoms with Crippen molar-refractivity contribution in [3.63, 3.8) is 0 Å². The second-order valence-corrected chi connectivity index (χ2v) is 6.71. The number of aromatic amines is 1. The number of nitrogens with two attached hydrogens (primary N) is 1. The molecule has 5 nitrogen and oxygen atoms in total. The molecule has 2 aromatic rings. The molecule has 2 rings (SSSR count). The van der Waals surface area contributed by atoms with E-state index in [1.165, 1.54) is 0 Å². The Balaban J connectivity index is 2.70. The van der Waals surface area contributed by atoms with E-state index >= 15 is 0 Å². The first-order valence-corrected chi connectivity index (χ1v) is 7.81. The van der Waals surface area contributed by atoms with E-state index in [0.29, 0.717) is 16.8 Å². The molecule has 0 spiro atoms. The fraction of sp³-hybridized carbons (Fsp3) is 0.182. The average molecular weight is 428 g/mol. The zero-order valence-corrected chi connectivity index (χ0v) is 13.8. The van der Waals surface area contributed by atoms with Crippen molar-refractivity contribution >= 4 is 39.8 Å². The number of halogens is 8. The van der Waals surface area contributed by atoms with Crippen molar-refractivity contribution in [3.8, 4) is 5.69 Å². The van der Waals surface area contributed by atoms with Gasteiger partial charge in [-0.15, -0.1) is 0 Å². The van der Waals surface area contributed by atoms with Gasteiger partial charge in [0.1, 0.15) is 11.5 Å². The first-order valence-electron chi connectivity index (χ1n) is 5.91. The number of hydrogen-bond acceptors (Lipinski definition) is 3. The Bertz CT molecular complexity index is 895. The summed E-state index contributed by atoms with van der Waals surface area (Å²) in [6.45, 7) is 0. The number of rotatable bonds is 2. The molecule has 0 radical (unpaired) electrons. The lowest BCUT2D eigenvalue weighted by Gasteiger charge is -2.14. The van der Waals surface area contributed by atoms with E-state index in [4.69, 9.17) is 28.9 Å². The number of hydrogen-bond donors (Lipinski definition) is 2. The molecule has 1 atom stereocenters. The molecule has 0 fully saturated rings. The van der Waals surface area contributed by atoms with Gasteiger partial charge in [-0.05, 0) is 12.1 Å². The number of nitrogens with zero attached hydrogens (tertiary/aromatic N) is 1. The molecular formula is C11H5Cl2F6N3O2S. The van der Waals surface area contributed by atoms with Crippen LogP contribution < -0.4 is 11.3 Å². The summed E-state index contributed by atoms with van der Waals surface area (Å²) < 4.78 is 87.6. The first-order chi connectivity index (χ1) is 11.2. The zero-order valence-electron chi connectivity index (χ0n) is 11.4. The lowest BCUT2D eigenvalue weighted by atomic mass is 10.2. The van der Waals surface area contributed by atoms with E-state index in [1.54, 1.807) is 0 Å². The topological polar surface area (TPSA) is 80.9 Å². The molecule has 0 aliphatic rings. The Morgan fingerprint density at radius 2 is 1.56 bits per heavy atom. The fourth-order valence-electron chi connectivity index (χ4n) is 1.84. The molecule has 0 aliphatic carbocycles. The van der Waals surface area contributed by atoms with Gasteiger partial charge in [-0.25, -0.2) is 8.89 Å².